The van der Waals surface area contributed by atoms with Crippen LogP contribution in [0.2, 0.25) is 0 Å². The van der Waals surface area contributed by atoms with Crippen LogP contribution in [0.4, 0.5) is 8.78 Å². The highest BCUT2D eigenvalue weighted by Gasteiger charge is 2.23. The van der Waals surface area contributed by atoms with Crippen molar-refractivity contribution < 1.29 is 13.6 Å². The minimum absolute atomic E-state index is 0.0158. The molecule has 28 heavy (non-hydrogen) atoms. The molecule has 7 nitrogen and oxygen atoms in total. The van der Waals surface area contributed by atoms with Crippen molar-refractivity contribution in [1.82, 2.24) is 14.5 Å². The normalized spacial score (nSPS) is 12.0. The van der Waals surface area contributed by atoms with Crippen LogP contribution in [0.1, 0.15) is 35.5 Å². The zero-order valence-corrected chi connectivity index (χ0v) is 15.0. The van der Waals surface area contributed by atoms with Gasteiger partial charge in [-0.25, -0.2) is 13.8 Å². The Morgan fingerprint density at radius 2 is 2.04 bits per heavy atom. The maximum atomic E-state index is 14.6. The van der Waals surface area contributed by atoms with Crippen molar-refractivity contribution in [1.29, 1.82) is 5.26 Å². The fourth-order valence-corrected chi connectivity index (χ4v) is 3.17. The zero-order valence-electron chi connectivity index (χ0n) is 15.0. The third-order valence-electron chi connectivity index (χ3n) is 4.59. The van der Waals surface area contributed by atoms with Gasteiger partial charge in [0.15, 0.2) is 17.3 Å². The van der Waals surface area contributed by atoms with Crippen LogP contribution < -0.4 is 11.3 Å². The highest BCUT2D eigenvalue weighted by Crippen LogP contribution is 2.28. The van der Waals surface area contributed by atoms with Crippen molar-refractivity contribution in [3.8, 4) is 6.07 Å². The van der Waals surface area contributed by atoms with E-state index >= 15 is 0 Å². The van der Waals surface area contributed by atoms with Gasteiger partial charge in [0.05, 0.1) is 36.1 Å². The molecule has 0 saturated heterocycles. The number of hydrogen-bond acceptors (Lipinski definition) is 5. The van der Waals surface area contributed by atoms with Crippen molar-refractivity contribution in [3.63, 3.8) is 0 Å². The third-order valence-corrected chi connectivity index (χ3v) is 4.59. The lowest BCUT2D eigenvalue weighted by atomic mass is 10.00. The molecule has 0 aliphatic carbocycles. The summed E-state index contributed by atoms with van der Waals surface area (Å²) in [6.45, 7) is 3.07. The minimum atomic E-state index is -1.12. The van der Waals surface area contributed by atoms with Crippen LogP contribution in [0, 0.1) is 29.9 Å². The summed E-state index contributed by atoms with van der Waals surface area (Å²) in [4.78, 5) is 32.6. The number of primary amides is 1. The smallest absolute Gasteiger partial charge is 0.255 e. The number of fused-ring (bicyclic) bond motifs is 1. The van der Waals surface area contributed by atoms with E-state index in [1.165, 1.54) is 30.0 Å². The topological polar surface area (TPSA) is 115 Å². The van der Waals surface area contributed by atoms with Gasteiger partial charge in [0.1, 0.15) is 6.07 Å². The Kier molecular flexibility index (Phi) is 4.88. The first-order valence-electron chi connectivity index (χ1n) is 8.28. The van der Waals surface area contributed by atoms with Gasteiger partial charge in [-0.3, -0.25) is 19.1 Å². The summed E-state index contributed by atoms with van der Waals surface area (Å²) in [6, 6.07) is 3.34. The number of aromatic nitrogens is 3. The van der Waals surface area contributed by atoms with Crippen LogP contribution in [0.15, 0.2) is 29.3 Å². The van der Waals surface area contributed by atoms with Crippen molar-refractivity contribution in [2.24, 2.45) is 5.73 Å². The van der Waals surface area contributed by atoms with E-state index in [0.29, 0.717) is 5.69 Å². The lowest BCUT2D eigenvalue weighted by Gasteiger charge is -2.21. The second-order valence-corrected chi connectivity index (χ2v) is 6.29. The van der Waals surface area contributed by atoms with Crippen molar-refractivity contribution >= 4 is 16.8 Å². The fraction of sp³-hybridized carbons (Fsp3) is 0.211. The number of carbonyl (C=O) groups is 1. The summed E-state index contributed by atoms with van der Waals surface area (Å²) in [5, 5.41) is 8.74. The first-order chi connectivity index (χ1) is 13.3. The van der Waals surface area contributed by atoms with Crippen LogP contribution in [0.25, 0.3) is 10.9 Å². The zero-order chi connectivity index (χ0) is 20.6. The molecule has 0 spiro atoms. The molecule has 0 radical (unpaired) electrons. The summed E-state index contributed by atoms with van der Waals surface area (Å²) >= 11 is 0. The molecule has 3 aromatic rings. The van der Waals surface area contributed by atoms with Crippen LogP contribution in [-0.2, 0) is 11.2 Å². The van der Waals surface area contributed by atoms with Crippen molar-refractivity contribution in [3.05, 3.63) is 69.0 Å². The van der Waals surface area contributed by atoms with E-state index < -0.39 is 35.6 Å². The Morgan fingerprint density at radius 1 is 1.32 bits per heavy atom. The monoisotopic (exact) mass is 383 g/mol. The highest BCUT2D eigenvalue weighted by molar-refractivity contribution is 5.86. The first-order valence-corrected chi connectivity index (χ1v) is 8.28. The molecular weight excluding hydrogens is 368 g/mol. The molecule has 142 valence electrons. The molecule has 0 fully saturated rings. The van der Waals surface area contributed by atoms with Gasteiger partial charge in [-0.05, 0) is 31.5 Å². The molecule has 1 atom stereocenters. The average Bonchev–Trinajstić information content (AvgIpc) is 2.67. The maximum Gasteiger partial charge on any atom is 0.255 e. The van der Waals surface area contributed by atoms with Crippen molar-refractivity contribution in [2.45, 2.75) is 26.3 Å². The van der Waals surface area contributed by atoms with Gasteiger partial charge in [0.2, 0.25) is 5.91 Å². The lowest BCUT2D eigenvalue weighted by Crippen LogP contribution is -2.31. The van der Waals surface area contributed by atoms with Gasteiger partial charge in [0, 0.05) is 10.9 Å². The van der Waals surface area contributed by atoms with Crippen LogP contribution in [-0.4, -0.2) is 20.4 Å². The molecule has 0 saturated carbocycles. The number of halogens is 2. The Morgan fingerprint density at radius 3 is 2.61 bits per heavy atom. The van der Waals surface area contributed by atoms with E-state index in [9.17, 15) is 18.4 Å². The molecule has 2 heterocycles. The number of nitrogens with zero attached hydrogens (tertiary/aromatic N) is 4. The Bertz CT molecular complexity index is 1200. The van der Waals surface area contributed by atoms with Gasteiger partial charge in [0.25, 0.3) is 5.56 Å². The van der Waals surface area contributed by atoms with E-state index in [0.717, 1.165) is 6.07 Å². The van der Waals surface area contributed by atoms with E-state index in [4.69, 9.17) is 11.0 Å². The van der Waals surface area contributed by atoms with Crippen LogP contribution in [0.5, 0.6) is 0 Å². The molecule has 2 N–H and O–H groups in total. The quantitative estimate of drug-likeness (QED) is 0.739. The second kappa shape index (κ2) is 7.15. The fourth-order valence-electron chi connectivity index (χ4n) is 3.17. The van der Waals surface area contributed by atoms with E-state index in [2.05, 4.69) is 9.97 Å². The van der Waals surface area contributed by atoms with Gasteiger partial charge in [-0.15, -0.1) is 0 Å². The molecule has 2 aromatic heterocycles. The maximum absolute atomic E-state index is 14.6. The summed E-state index contributed by atoms with van der Waals surface area (Å²) in [7, 11) is 0. The molecule has 0 bridgehead atoms. The highest BCUT2D eigenvalue weighted by atomic mass is 19.2. The van der Waals surface area contributed by atoms with Gasteiger partial charge < -0.3 is 5.73 Å². The summed E-state index contributed by atoms with van der Waals surface area (Å²) in [5.74, 6) is -2.96. The molecule has 1 aromatic carbocycles. The Hall–Kier alpha value is -3.67. The van der Waals surface area contributed by atoms with Gasteiger partial charge in [-0.1, -0.05) is 0 Å². The molecule has 9 heteroatoms. The largest absolute Gasteiger partial charge is 0.369 e. The number of rotatable bonds is 4. The second-order valence-electron chi connectivity index (χ2n) is 6.29. The predicted molar refractivity (Wildman–Crippen MR) is 96.3 cm³/mol. The van der Waals surface area contributed by atoms with E-state index in [1.807, 2.05) is 6.07 Å². The minimum Gasteiger partial charge on any atom is -0.369 e. The number of nitriles is 1. The number of benzene rings is 1. The molecule has 0 aliphatic rings. The average molecular weight is 383 g/mol. The lowest BCUT2D eigenvalue weighted by molar-refractivity contribution is -0.117. The number of hydrogen-bond donors (Lipinski definition) is 1. The number of pyridine rings is 1. The summed E-state index contributed by atoms with van der Waals surface area (Å²) in [6.07, 6.45) is 2.16. The van der Waals surface area contributed by atoms with Gasteiger partial charge in [-0.2, -0.15) is 5.26 Å². The third kappa shape index (κ3) is 3.09. The van der Waals surface area contributed by atoms with Crippen LogP contribution >= 0.6 is 0 Å². The molecule has 0 unspecified atom stereocenters. The summed E-state index contributed by atoms with van der Waals surface area (Å²) in [5.41, 5.74) is 5.39. The van der Waals surface area contributed by atoms with Crippen molar-refractivity contribution in [2.75, 3.05) is 0 Å². The van der Waals surface area contributed by atoms with E-state index in [-0.39, 0.29) is 27.7 Å². The Labute approximate surface area is 158 Å². The molecule has 0 aliphatic heterocycles. The molecule has 3 rings (SSSR count). The predicted octanol–water partition coefficient (Wildman–Crippen LogP) is 1.89. The number of nitrogens with two attached hydrogens (primary N) is 1. The standard InChI is InChI=1S/C19H15F2N5O2/c1-9-12(5-16(23)27)19(28)26(15-4-3-13(20)18(21)17(9)15)10(2)14-8-24-11(6-22)7-25-14/h3-4,7-8,10H,5H2,1-2H3,(H2,23,27)/t10-/m0/s1. The van der Waals surface area contributed by atoms with Gasteiger partial charge >= 0.3 is 0 Å². The molecular formula is C19H15F2N5O2. The number of carbonyl (C=O) groups excluding carboxylic acids is 1. The number of aryl methyl sites for hydroxylation is 1. The van der Waals surface area contributed by atoms with E-state index in [1.54, 1.807) is 6.92 Å². The SMILES string of the molecule is Cc1c(CC(N)=O)c(=O)n([C@@H](C)c2cnc(C#N)cn2)c2ccc(F)c(F)c12. The summed E-state index contributed by atoms with van der Waals surface area (Å²) < 4.78 is 29.7. The molecule has 1 amide bonds. The Balaban J connectivity index is 2.37. The first kappa shape index (κ1) is 19.1. The number of amides is 1. The van der Waals surface area contributed by atoms with Crippen LogP contribution in [0.3, 0.4) is 0 Å².